The first kappa shape index (κ1) is 13.8. The van der Waals surface area contributed by atoms with Gasteiger partial charge in [-0.1, -0.05) is 11.6 Å². The van der Waals surface area contributed by atoms with Crippen LogP contribution in [0.2, 0.25) is 5.15 Å². The number of aromatic nitrogens is 1. The van der Waals surface area contributed by atoms with E-state index < -0.39 is 10.0 Å². The summed E-state index contributed by atoms with van der Waals surface area (Å²) in [6.45, 7) is 1.75. The molecule has 0 amide bonds. The van der Waals surface area contributed by atoms with Gasteiger partial charge < -0.3 is 0 Å². The Kier molecular flexibility index (Phi) is 3.96. The minimum absolute atomic E-state index is 0.259. The van der Waals surface area contributed by atoms with Crippen LogP contribution < -0.4 is 4.72 Å². The van der Waals surface area contributed by atoms with Gasteiger partial charge >= 0.3 is 0 Å². The molecule has 2 rings (SSSR count). The van der Waals surface area contributed by atoms with E-state index in [-0.39, 0.29) is 4.90 Å². The van der Waals surface area contributed by atoms with Crippen molar-refractivity contribution in [2.45, 2.75) is 11.8 Å². The summed E-state index contributed by atoms with van der Waals surface area (Å²) in [5.74, 6) is 0. The fourth-order valence-electron chi connectivity index (χ4n) is 1.34. The Balaban J connectivity index is 2.33. The minimum atomic E-state index is -3.59. The van der Waals surface area contributed by atoms with Crippen LogP contribution in [-0.2, 0) is 10.0 Å². The first-order valence-corrected chi connectivity index (χ1v) is 8.26. The number of aryl methyl sites for hydroxylation is 1. The number of hydrogen-bond donors (Lipinski definition) is 1. The molecule has 0 saturated carbocycles. The van der Waals surface area contributed by atoms with Crippen molar-refractivity contribution in [2.24, 2.45) is 0 Å². The van der Waals surface area contributed by atoms with Crippen molar-refractivity contribution in [1.82, 2.24) is 4.98 Å². The van der Waals surface area contributed by atoms with E-state index in [1.54, 1.807) is 19.1 Å². The van der Waals surface area contributed by atoms with Gasteiger partial charge in [0.15, 0.2) is 0 Å². The molecule has 0 atom stereocenters. The van der Waals surface area contributed by atoms with Gasteiger partial charge in [0, 0.05) is 4.88 Å². The Morgan fingerprint density at radius 2 is 2.17 bits per heavy atom. The molecule has 18 heavy (non-hydrogen) atoms. The molecular weight excluding hydrogens is 360 g/mol. The van der Waals surface area contributed by atoms with Crippen molar-refractivity contribution in [3.63, 3.8) is 0 Å². The summed E-state index contributed by atoms with van der Waals surface area (Å²) in [5.41, 5.74) is 0.376. The van der Waals surface area contributed by atoms with Crippen molar-refractivity contribution in [1.29, 1.82) is 0 Å². The van der Waals surface area contributed by atoms with Crippen LogP contribution in [0.15, 0.2) is 33.1 Å². The van der Waals surface area contributed by atoms with Gasteiger partial charge in [0.05, 0.1) is 15.7 Å². The van der Waals surface area contributed by atoms with Crippen LogP contribution >= 0.6 is 38.9 Å². The molecule has 0 aromatic carbocycles. The maximum Gasteiger partial charge on any atom is 0.263 e. The Morgan fingerprint density at radius 3 is 2.67 bits per heavy atom. The first-order chi connectivity index (χ1) is 8.38. The number of rotatable bonds is 3. The summed E-state index contributed by atoms with van der Waals surface area (Å²) in [7, 11) is -3.59. The molecule has 2 aromatic rings. The second-order valence-electron chi connectivity index (χ2n) is 3.45. The lowest BCUT2D eigenvalue weighted by Gasteiger charge is -2.06. The van der Waals surface area contributed by atoms with Crippen molar-refractivity contribution < 1.29 is 8.42 Å². The second kappa shape index (κ2) is 5.16. The molecule has 1 N–H and O–H groups in total. The monoisotopic (exact) mass is 366 g/mol. The Hall–Kier alpha value is -0.630. The first-order valence-electron chi connectivity index (χ1n) is 4.79. The van der Waals surface area contributed by atoms with E-state index in [4.69, 9.17) is 11.6 Å². The van der Waals surface area contributed by atoms with E-state index in [9.17, 15) is 8.42 Å². The summed E-state index contributed by atoms with van der Waals surface area (Å²) in [4.78, 5) is 4.79. The molecular formula is C10H8BrClN2O2S2. The molecule has 0 bridgehead atoms. The number of anilines is 1. The number of hydrogen-bond acceptors (Lipinski definition) is 4. The third-order valence-electron chi connectivity index (χ3n) is 2.11. The standard InChI is InChI=1S/C10H8BrClN2O2S2/c1-6-8(4-9(11)17-6)18(15,16)14-7-2-3-10(12)13-5-7/h2-5,14H,1H3. The van der Waals surface area contributed by atoms with Gasteiger partial charge in [0.1, 0.15) is 10.0 Å². The molecule has 0 saturated heterocycles. The third-order valence-corrected chi connectivity index (χ3v) is 5.53. The van der Waals surface area contributed by atoms with Crippen LogP contribution in [0.3, 0.4) is 0 Å². The number of sulfonamides is 1. The molecule has 96 valence electrons. The van der Waals surface area contributed by atoms with Crippen LogP contribution in [0.5, 0.6) is 0 Å². The number of nitrogens with zero attached hydrogens (tertiary/aromatic N) is 1. The lowest BCUT2D eigenvalue weighted by Crippen LogP contribution is -2.13. The maximum atomic E-state index is 12.1. The van der Waals surface area contributed by atoms with E-state index >= 15 is 0 Å². The third kappa shape index (κ3) is 3.03. The molecule has 4 nitrogen and oxygen atoms in total. The van der Waals surface area contributed by atoms with Crippen molar-refractivity contribution in [3.05, 3.63) is 38.2 Å². The zero-order valence-electron chi connectivity index (χ0n) is 9.15. The normalized spacial score (nSPS) is 11.5. The molecule has 0 fully saturated rings. The van der Waals surface area contributed by atoms with E-state index in [1.807, 2.05) is 0 Å². The zero-order valence-corrected chi connectivity index (χ0v) is 13.1. The molecule has 0 aliphatic rings. The predicted octanol–water partition coefficient (Wildman–Crippen LogP) is 3.67. The van der Waals surface area contributed by atoms with E-state index in [0.29, 0.717) is 10.8 Å². The quantitative estimate of drug-likeness (QED) is 0.842. The summed E-state index contributed by atoms with van der Waals surface area (Å²) >= 11 is 10.3. The summed E-state index contributed by atoms with van der Waals surface area (Å²) < 4.78 is 27.5. The van der Waals surface area contributed by atoms with Crippen LogP contribution in [0.1, 0.15) is 4.88 Å². The van der Waals surface area contributed by atoms with E-state index in [2.05, 4.69) is 25.6 Å². The number of nitrogens with one attached hydrogen (secondary N) is 1. The van der Waals surface area contributed by atoms with Gasteiger partial charge in [-0.25, -0.2) is 13.4 Å². The minimum Gasteiger partial charge on any atom is -0.278 e. The molecule has 0 spiro atoms. The maximum absolute atomic E-state index is 12.1. The van der Waals surface area contributed by atoms with Crippen LogP contribution in [0.25, 0.3) is 0 Å². The van der Waals surface area contributed by atoms with Crippen LogP contribution in [0.4, 0.5) is 5.69 Å². The second-order valence-corrected chi connectivity index (χ2v) is 8.12. The molecule has 0 aliphatic heterocycles. The highest BCUT2D eigenvalue weighted by Gasteiger charge is 2.19. The highest BCUT2D eigenvalue weighted by atomic mass is 79.9. The fourth-order valence-corrected chi connectivity index (χ4v) is 4.91. The van der Waals surface area contributed by atoms with Gasteiger partial charge in [-0.15, -0.1) is 11.3 Å². The van der Waals surface area contributed by atoms with Crippen LogP contribution in [-0.4, -0.2) is 13.4 Å². The molecule has 8 heteroatoms. The molecule has 2 aromatic heterocycles. The zero-order chi connectivity index (χ0) is 13.3. The molecule has 0 radical (unpaired) electrons. The molecule has 0 aliphatic carbocycles. The van der Waals surface area contributed by atoms with Crippen molar-refractivity contribution in [2.75, 3.05) is 4.72 Å². The predicted molar refractivity (Wildman–Crippen MR) is 76.8 cm³/mol. The summed E-state index contributed by atoms with van der Waals surface area (Å²) in [5, 5.41) is 0.312. The molecule has 0 unspecified atom stereocenters. The van der Waals surface area contributed by atoms with Gasteiger partial charge in [-0.05, 0) is 41.1 Å². The lowest BCUT2D eigenvalue weighted by atomic mass is 10.4. The van der Waals surface area contributed by atoms with Gasteiger partial charge in [0.2, 0.25) is 0 Å². The fraction of sp³-hybridized carbons (Fsp3) is 0.100. The Bertz CT molecular complexity index is 668. The highest BCUT2D eigenvalue weighted by molar-refractivity contribution is 9.11. The number of thiophene rings is 1. The van der Waals surface area contributed by atoms with E-state index in [1.165, 1.54) is 23.6 Å². The Labute approximate surface area is 122 Å². The van der Waals surface area contributed by atoms with Gasteiger partial charge in [-0.3, -0.25) is 4.72 Å². The smallest absolute Gasteiger partial charge is 0.263 e. The average Bonchev–Trinajstić information content (AvgIpc) is 2.62. The number of halogens is 2. The molecule has 2 heterocycles. The largest absolute Gasteiger partial charge is 0.278 e. The van der Waals surface area contributed by atoms with Crippen molar-refractivity contribution >= 4 is 54.6 Å². The van der Waals surface area contributed by atoms with Crippen LogP contribution in [0, 0.1) is 6.92 Å². The van der Waals surface area contributed by atoms with Gasteiger partial charge in [0.25, 0.3) is 10.0 Å². The summed E-state index contributed by atoms with van der Waals surface area (Å²) in [6, 6.07) is 4.66. The summed E-state index contributed by atoms with van der Waals surface area (Å²) in [6.07, 6.45) is 1.37. The highest BCUT2D eigenvalue weighted by Crippen LogP contribution is 2.30. The average molecular weight is 368 g/mol. The number of pyridine rings is 1. The van der Waals surface area contributed by atoms with E-state index in [0.717, 1.165) is 8.66 Å². The SMILES string of the molecule is Cc1sc(Br)cc1S(=O)(=O)Nc1ccc(Cl)nc1. The Morgan fingerprint density at radius 1 is 1.44 bits per heavy atom. The lowest BCUT2D eigenvalue weighted by molar-refractivity contribution is 0.601. The topological polar surface area (TPSA) is 59.1 Å². The van der Waals surface area contributed by atoms with Gasteiger partial charge in [-0.2, -0.15) is 0 Å². The van der Waals surface area contributed by atoms with Crippen molar-refractivity contribution in [3.8, 4) is 0 Å².